The van der Waals surface area contributed by atoms with E-state index in [9.17, 15) is 0 Å². The summed E-state index contributed by atoms with van der Waals surface area (Å²) in [6.45, 7) is 4.20. The zero-order valence-electron chi connectivity index (χ0n) is 9.83. The summed E-state index contributed by atoms with van der Waals surface area (Å²) in [5.74, 6) is 5.68. The second-order valence-corrected chi connectivity index (χ2v) is 5.70. The SMILES string of the molecule is Cc1cc(C(NN)c2ccsc2)cc(C)c1Br. The third kappa shape index (κ3) is 2.60. The number of hydrogen-bond donors (Lipinski definition) is 2. The van der Waals surface area contributed by atoms with Gasteiger partial charge in [0.25, 0.3) is 0 Å². The fourth-order valence-electron chi connectivity index (χ4n) is 1.97. The van der Waals surface area contributed by atoms with Crippen LogP contribution in [0.3, 0.4) is 0 Å². The first-order valence-electron chi connectivity index (χ1n) is 5.38. The third-order valence-electron chi connectivity index (χ3n) is 2.84. The van der Waals surface area contributed by atoms with Crippen LogP contribution < -0.4 is 11.3 Å². The second kappa shape index (κ2) is 5.31. The van der Waals surface area contributed by atoms with Gasteiger partial charge in [0, 0.05) is 4.47 Å². The van der Waals surface area contributed by atoms with Crippen molar-refractivity contribution in [2.45, 2.75) is 19.9 Å². The Morgan fingerprint density at radius 1 is 1.24 bits per heavy atom. The van der Waals surface area contributed by atoms with Crippen LogP contribution in [-0.2, 0) is 0 Å². The molecule has 1 aromatic heterocycles. The van der Waals surface area contributed by atoms with Crippen molar-refractivity contribution in [3.05, 3.63) is 55.7 Å². The monoisotopic (exact) mass is 310 g/mol. The zero-order valence-corrected chi connectivity index (χ0v) is 12.2. The highest BCUT2D eigenvalue weighted by Gasteiger charge is 2.14. The Bertz CT molecular complexity index is 485. The van der Waals surface area contributed by atoms with Crippen LogP contribution in [0.4, 0.5) is 0 Å². The van der Waals surface area contributed by atoms with Gasteiger partial charge in [0.1, 0.15) is 0 Å². The van der Waals surface area contributed by atoms with E-state index < -0.39 is 0 Å². The van der Waals surface area contributed by atoms with Gasteiger partial charge in [-0.3, -0.25) is 5.84 Å². The molecule has 1 heterocycles. The van der Waals surface area contributed by atoms with Crippen LogP contribution in [0.15, 0.2) is 33.4 Å². The normalized spacial score (nSPS) is 12.7. The van der Waals surface area contributed by atoms with E-state index in [1.165, 1.54) is 26.7 Å². The molecule has 0 amide bonds. The maximum absolute atomic E-state index is 5.68. The molecule has 1 unspecified atom stereocenters. The van der Waals surface area contributed by atoms with E-state index >= 15 is 0 Å². The molecule has 4 heteroatoms. The van der Waals surface area contributed by atoms with Crippen LogP contribution in [0, 0.1) is 13.8 Å². The molecular weight excluding hydrogens is 296 g/mol. The molecule has 0 bridgehead atoms. The topological polar surface area (TPSA) is 38.0 Å². The summed E-state index contributed by atoms with van der Waals surface area (Å²) in [5, 5.41) is 4.19. The van der Waals surface area contributed by atoms with Gasteiger partial charge in [-0.05, 0) is 52.9 Å². The van der Waals surface area contributed by atoms with Gasteiger partial charge in [-0.15, -0.1) is 0 Å². The van der Waals surface area contributed by atoms with Gasteiger partial charge in [-0.2, -0.15) is 11.3 Å². The van der Waals surface area contributed by atoms with E-state index in [-0.39, 0.29) is 6.04 Å². The Labute approximate surface area is 114 Å². The van der Waals surface area contributed by atoms with Crippen molar-refractivity contribution in [2.24, 2.45) is 5.84 Å². The highest BCUT2D eigenvalue weighted by Crippen LogP contribution is 2.29. The maximum Gasteiger partial charge on any atom is 0.0718 e. The molecule has 1 atom stereocenters. The summed E-state index contributed by atoms with van der Waals surface area (Å²) in [5.41, 5.74) is 7.76. The van der Waals surface area contributed by atoms with Crippen LogP contribution in [0.1, 0.15) is 28.3 Å². The van der Waals surface area contributed by atoms with Gasteiger partial charge >= 0.3 is 0 Å². The lowest BCUT2D eigenvalue weighted by atomic mass is 9.98. The highest BCUT2D eigenvalue weighted by atomic mass is 79.9. The molecule has 2 rings (SSSR count). The van der Waals surface area contributed by atoms with Crippen molar-refractivity contribution in [1.29, 1.82) is 0 Å². The summed E-state index contributed by atoms with van der Waals surface area (Å²) in [6, 6.07) is 6.49. The first-order chi connectivity index (χ1) is 8.13. The number of nitrogens with two attached hydrogens (primary N) is 1. The van der Waals surface area contributed by atoms with Gasteiger partial charge < -0.3 is 0 Å². The lowest BCUT2D eigenvalue weighted by molar-refractivity contribution is 0.638. The number of halogens is 1. The molecule has 17 heavy (non-hydrogen) atoms. The van der Waals surface area contributed by atoms with Crippen LogP contribution in [0.2, 0.25) is 0 Å². The summed E-state index contributed by atoms with van der Waals surface area (Å²) >= 11 is 5.27. The molecule has 90 valence electrons. The molecule has 0 aliphatic carbocycles. The number of hydrazine groups is 1. The fraction of sp³-hybridized carbons (Fsp3) is 0.231. The van der Waals surface area contributed by atoms with Crippen LogP contribution in [-0.4, -0.2) is 0 Å². The second-order valence-electron chi connectivity index (χ2n) is 4.13. The quantitative estimate of drug-likeness (QED) is 0.670. The minimum atomic E-state index is 0.0618. The number of hydrogen-bond acceptors (Lipinski definition) is 3. The van der Waals surface area contributed by atoms with Gasteiger partial charge in [-0.1, -0.05) is 28.1 Å². The lowest BCUT2D eigenvalue weighted by Crippen LogP contribution is -2.28. The van der Waals surface area contributed by atoms with E-state index in [0.717, 1.165) is 0 Å². The van der Waals surface area contributed by atoms with Crippen molar-refractivity contribution >= 4 is 27.3 Å². The molecule has 0 aliphatic heterocycles. The smallest absolute Gasteiger partial charge is 0.0718 e. The molecule has 0 saturated heterocycles. The maximum atomic E-state index is 5.68. The summed E-state index contributed by atoms with van der Waals surface area (Å²) in [4.78, 5) is 0. The minimum absolute atomic E-state index is 0.0618. The summed E-state index contributed by atoms with van der Waals surface area (Å²) < 4.78 is 1.17. The predicted molar refractivity (Wildman–Crippen MR) is 77.1 cm³/mol. The standard InChI is InChI=1S/C13H15BrN2S/c1-8-5-11(6-9(2)12(8)14)13(16-15)10-3-4-17-7-10/h3-7,13,16H,15H2,1-2H3. The van der Waals surface area contributed by atoms with Crippen molar-refractivity contribution in [1.82, 2.24) is 5.43 Å². The van der Waals surface area contributed by atoms with E-state index in [4.69, 9.17) is 5.84 Å². The van der Waals surface area contributed by atoms with Gasteiger partial charge in [0.2, 0.25) is 0 Å². The molecule has 0 spiro atoms. The molecule has 0 saturated carbocycles. The largest absolute Gasteiger partial charge is 0.271 e. The first kappa shape index (κ1) is 12.8. The van der Waals surface area contributed by atoms with Crippen molar-refractivity contribution < 1.29 is 0 Å². The average Bonchev–Trinajstić information content (AvgIpc) is 2.80. The highest BCUT2D eigenvalue weighted by molar-refractivity contribution is 9.10. The number of benzene rings is 1. The Morgan fingerprint density at radius 3 is 2.35 bits per heavy atom. The predicted octanol–water partition coefficient (Wildman–Crippen LogP) is 3.68. The first-order valence-corrected chi connectivity index (χ1v) is 7.12. The fourth-order valence-corrected chi connectivity index (χ4v) is 2.89. The van der Waals surface area contributed by atoms with Crippen molar-refractivity contribution in [2.75, 3.05) is 0 Å². The molecular formula is C13H15BrN2S. The summed E-state index contributed by atoms with van der Waals surface area (Å²) in [6.07, 6.45) is 0. The molecule has 2 nitrogen and oxygen atoms in total. The lowest BCUT2D eigenvalue weighted by Gasteiger charge is -2.17. The van der Waals surface area contributed by atoms with Crippen molar-refractivity contribution in [3.63, 3.8) is 0 Å². The van der Waals surface area contributed by atoms with Gasteiger partial charge in [0.05, 0.1) is 6.04 Å². The Kier molecular flexibility index (Phi) is 3.99. The Morgan fingerprint density at radius 2 is 1.88 bits per heavy atom. The van der Waals surface area contributed by atoms with Crippen molar-refractivity contribution in [3.8, 4) is 0 Å². The van der Waals surface area contributed by atoms with Crippen LogP contribution >= 0.6 is 27.3 Å². The van der Waals surface area contributed by atoms with Crippen LogP contribution in [0.25, 0.3) is 0 Å². The summed E-state index contributed by atoms with van der Waals surface area (Å²) in [7, 11) is 0. The average molecular weight is 311 g/mol. The zero-order chi connectivity index (χ0) is 12.4. The number of rotatable bonds is 3. The third-order valence-corrected chi connectivity index (χ3v) is 4.79. The van der Waals surface area contributed by atoms with E-state index in [2.05, 4.69) is 64.2 Å². The molecule has 1 aromatic carbocycles. The van der Waals surface area contributed by atoms with Gasteiger partial charge in [-0.25, -0.2) is 5.43 Å². The number of aryl methyl sites for hydroxylation is 2. The Hall–Kier alpha value is -0.680. The van der Waals surface area contributed by atoms with Crippen LogP contribution in [0.5, 0.6) is 0 Å². The molecule has 0 aliphatic rings. The minimum Gasteiger partial charge on any atom is -0.271 e. The van der Waals surface area contributed by atoms with E-state index in [1.54, 1.807) is 11.3 Å². The molecule has 0 radical (unpaired) electrons. The number of nitrogens with one attached hydrogen (secondary N) is 1. The Balaban J connectivity index is 2.45. The molecule has 0 fully saturated rings. The van der Waals surface area contributed by atoms with E-state index in [1.807, 2.05) is 0 Å². The number of thiophene rings is 1. The molecule has 2 aromatic rings. The van der Waals surface area contributed by atoms with Gasteiger partial charge in [0.15, 0.2) is 0 Å². The van der Waals surface area contributed by atoms with E-state index in [0.29, 0.717) is 0 Å². The molecule has 3 N–H and O–H groups in total.